The van der Waals surface area contributed by atoms with Crippen molar-refractivity contribution in [3.63, 3.8) is 0 Å². The summed E-state index contributed by atoms with van der Waals surface area (Å²) in [5.74, 6) is 0.227. The molecule has 4 heteroatoms. The summed E-state index contributed by atoms with van der Waals surface area (Å²) in [4.78, 5) is 30.6. The third-order valence-corrected chi connectivity index (χ3v) is 6.04. The zero-order chi connectivity index (χ0) is 19.8. The number of benzene rings is 2. The van der Waals surface area contributed by atoms with Crippen molar-refractivity contribution in [3.05, 3.63) is 70.9 Å². The van der Waals surface area contributed by atoms with Gasteiger partial charge in [0.05, 0.1) is 11.3 Å². The van der Waals surface area contributed by atoms with E-state index in [1.807, 2.05) is 62.4 Å². The topological polar surface area (TPSA) is 40.6 Å². The molecule has 2 aliphatic heterocycles. The van der Waals surface area contributed by atoms with Gasteiger partial charge in [0.25, 0.3) is 11.8 Å². The van der Waals surface area contributed by atoms with Crippen LogP contribution in [0.4, 0.5) is 5.69 Å². The molecule has 4 rings (SSSR count). The molecular weight excluding hydrogens is 348 g/mol. The van der Waals surface area contributed by atoms with Crippen molar-refractivity contribution >= 4 is 23.1 Å². The van der Waals surface area contributed by atoms with Gasteiger partial charge in [-0.05, 0) is 55.4 Å². The van der Waals surface area contributed by atoms with Gasteiger partial charge < -0.3 is 4.90 Å². The Morgan fingerprint density at radius 2 is 1.54 bits per heavy atom. The second-order valence-corrected chi connectivity index (χ2v) is 7.92. The third kappa shape index (κ3) is 3.03. The lowest BCUT2D eigenvalue weighted by atomic mass is 9.97. The molecule has 0 N–H and O–H groups in total. The zero-order valence-electron chi connectivity index (χ0n) is 16.7. The molecule has 2 heterocycles. The quantitative estimate of drug-likeness (QED) is 0.751. The lowest BCUT2D eigenvalue weighted by Crippen LogP contribution is -2.38. The van der Waals surface area contributed by atoms with Crippen LogP contribution >= 0.6 is 0 Å². The fraction of sp³-hybridized carbons (Fsp3) is 0.333. The molecule has 0 bridgehead atoms. The number of carbonyl (C=O) groups excluding carboxylic acids is 2. The highest BCUT2D eigenvalue weighted by molar-refractivity contribution is 6.45. The van der Waals surface area contributed by atoms with E-state index in [0.29, 0.717) is 22.9 Å². The SMILES string of the molecule is Cc1cccc(N2C(=O)C(c3ccccc3)=C(N3CCC(C)CC3)C2=O)c1C. The van der Waals surface area contributed by atoms with Gasteiger partial charge in [-0.25, -0.2) is 4.90 Å². The van der Waals surface area contributed by atoms with Crippen molar-refractivity contribution in [2.45, 2.75) is 33.6 Å². The number of piperidine rings is 1. The van der Waals surface area contributed by atoms with Crippen LogP contribution in [-0.4, -0.2) is 29.8 Å². The van der Waals surface area contributed by atoms with E-state index in [9.17, 15) is 9.59 Å². The van der Waals surface area contributed by atoms with Gasteiger partial charge in [0.15, 0.2) is 0 Å². The maximum absolute atomic E-state index is 13.5. The predicted molar refractivity (Wildman–Crippen MR) is 112 cm³/mol. The lowest BCUT2D eigenvalue weighted by Gasteiger charge is -2.32. The van der Waals surface area contributed by atoms with Crippen LogP contribution in [-0.2, 0) is 9.59 Å². The lowest BCUT2D eigenvalue weighted by molar-refractivity contribution is -0.120. The van der Waals surface area contributed by atoms with Gasteiger partial charge in [-0.3, -0.25) is 9.59 Å². The van der Waals surface area contributed by atoms with E-state index >= 15 is 0 Å². The molecule has 2 aliphatic rings. The van der Waals surface area contributed by atoms with Gasteiger partial charge in [-0.15, -0.1) is 0 Å². The molecule has 2 aromatic carbocycles. The second-order valence-electron chi connectivity index (χ2n) is 7.92. The number of aryl methyl sites for hydroxylation is 1. The van der Waals surface area contributed by atoms with Crippen molar-refractivity contribution in [1.82, 2.24) is 4.90 Å². The summed E-state index contributed by atoms with van der Waals surface area (Å²) in [6, 6.07) is 15.4. The van der Waals surface area contributed by atoms with Crippen LogP contribution in [0.1, 0.15) is 36.5 Å². The largest absolute Gasteiger partial charge is 0.366 e. The Balaban J connectivity index is 1.83. The van der Waals surface area contributed by atoms with Gasteiger partial charge in [0.2, 0.25) is 0 Å². The maximum atomic E-state index is 13.5. The number of hydrogen-bond acceptors (Lipinski definition) is 3. The Morgan fingerprint density at radius 3 is 2.21 bits per heavy atom. The Labute approximate surface area is 166 Å². The maximum Gasteiger partial charge on any atom is 0.282 e. The van der Waals surface area contributed by atoms with Gasteiger partial charge in [-0.2, -0.15) is 0 Å². The molecule has 2 amide bonds. The minimum atomic E-state index is -0.224. The number of rotatable bonds is 3. The standard InChI is InChI=1S/C24H26N2O2/c1-16-12-14-25(15-13-16)22-21(19-9-5-4-6-10-19)23(27)26(24(22)28)20-11-7-8-17(2)18(20)3/h4-11,16H,12-15H2,1-3H3. The first-order valence-corrected chi connectivity index (χ1v) is 9.98. The minimum absolute atomic E-state index is 0.202. The normalized spacial score (nSPS) is 18.4. The van der Waals surface area contributed by atoms with E-state index in [2.05, 4.69) is 11.8 Å². The summed E-state index contributed by atoms with van der Waals surface area (Å²) in [6.07, 6.45) is 2.08. The summed E-state index contributed by atoms with van der Waals surface area (Å²) in [5.41, 5.74) is 4.61. The molecule has 1 fully saturated rings. The Bertz CT molecular complexity index is 954. The first kappa shape index (κ1) is 18.5. The summed E-state index contributed by atoms with van der Waals surface area (Å²) in [7, 11) is 0. The van der Waals surface area contributed by atoms with E-state index in [-0.39, 0.29) is 11.8 Å². The van der Waals surface area contributed by atoms with Crippen LogP contribution in [0.5, 0.6) is 0 Å². The van der Waals surface area contributed by atoms with Crippen molar-refractivity contribution in [2.24, 2.45) is 5.92 Å². The van der Waals surface area contributed by atoms with Crippen LogP contribution in [0.25, 0.3) is 5.57 Å². The van der Waals surface area contributed by atoms with E-state index < -0.39 is 0 Å². The highest BCUT2D eigenvalue weighted by Gasteiger charge is 2.43. The number of imide groups is 1. The highest BCUT2D eigenvalue weighted by Crippen LogP contribution is 2.37. The Kier molecular flexibility index (Phi) is 4.80. The Hall–Kier alpha value is -2.88. The molecule has 0 saturated carbocycles. The second kappa shape index (κ2) is 7.27. The summed E-state index contributed by atoms with van der Waals surface area (Å²) < 4.78 is 0. The van der Waals surface area contributed by atoms with Gasteiger partial charge in [-0.1, -0.05) is 49.4 Å². The molecule has 0 spiro atoms. The fourth-order valence-electron chi connectivity index (χ4n) is 4.11. The monoisotopic (exact) mass is 374 g/mol. The van der Waals surface area contributed by atoms with Gasteiger partial charge in [0.1, 0.15) is 5.70 Å². The van der Waals surface area contributed by atoms with Crippen molar-refractivity contribution in [1.29, 1.82) is 0 Å². The van der Waals surface area contributed by atoms with E-state index in [0.717, 1.165) is 42.6 Å². The third-order valence-electron chi connectivity index (χ3n) is 6.04. The first-order chi connectivity index (χ1) is 13.5. The van der Waals surface area contributed by atoms with Gasteiger partial charge in [0, 0.05) is 13.1 Å². The molecule has 144 valence electrons. The van der Waals surface area contributed by atoms with Crippen LogP contribution in [0.3, 0.4) is 0 Å². The average Bonchev–Trinajstić information content (AvgIpc) is 2.96. The molecule has 0 unspecified atom stereocenters. The molecule has 0 atom stereocenters. The van der Waals surface area contributed by atoms with E-state index in [1.165, 1.54) is 4.90 Å². The van der Waals surface area contributed by atoms with Crippen LogP contribution in [0.15, 0.2) is 54.2 Å². The molecule has 4 nitrogen and oxygen atoms in total. The molecule has 0 aromatic heterocycles. The Morgan fingerprint density at radius 1 is 0.857 bits per heavy atom. The fourth-order valence-corrected chi connectivity index (χ4v) is 4.11. The van der Waals surface area contributed by atoms with Crippen molar-refractivity contribution in [3.8, 4) is 0 Å². The minimum Gasteiger partial charge on any atom is -0.366 e. The first-order valence-electron chi connectivity index (χ1n) is 9.98. The molecule has 2 aromatic rings. The molecule has 0 radical (unpaired) electrons. The molecular formula is C24H26N2O2. The number of amides is 2. The summed E-state index contributed by atoms with van der Waals surface area (Å²) in [5, 5.41) is 0. The van der Waals surface area contributed by atoms with Crippen LogP contribution < -0.4 is 4.90 Å². The molecule has 1 saturated heterocycles. The van der Waals surface area contributed by atoms with Gasteiger partial charge >= 0.3 is 0 Å². The summed E-state index contributed by atoms with van der Waals surface area (Å²) >= 11 is 0. The number of hydrogen-bond donors (Lipinski definition) is 0. The smallest absolute Gasteiger partial charge is 0.282 e. The number of likely N-dealkylation sites (tertiary alicyclic amines) is 1. The average molecular weight is 374 g/mol. The van der Waals surface area contributed by atoms with Crippen molar-refractivity contribution < 1.29 is 9.59 Å². The number of carbonyl (C=O) groups is 2. The predicted octanol–water partition coefficient (Wildman–Crippen LogP) is 4.32. The van der Waals surface area contributed by atoms with Crippen LogP contribution in [0.2, 0.25) is 0 Å². The molecule has 28 heavy (non-hydrogen) atoms. The van der Waals surface area contributed by atoms with Crippen molar-refractivity contribution in [2.75, 3.05) is 18.0 Å². The summed E-state index contributed by atoms with van der Waals surface area (Å²) in [6.45, 7) is 7.84. The zero-order valence-corrected chi connectivity index (χ0v) is 16.7. The van der Waals surface area contributed by atoms with E-state index in [1.54, 1.807) is 0 Å². The molecule has 0 aliphatic carbocycles. The number of nitrogens with zero attached hydrogens (tertiary/aromatic N) is 2. The number of anilines is 1. The van der Waals surface area contributed by atoms with Crippen LogP contribution in [0, 0.1) is 19.8 Å². The highest BCUT2D eigenvalue weighted by atomic mass is 16.2. The van der Waals surface area contributed by atoms with E-state index in [4.69, 9.17) is 0 Å².